The summed E-state index contributed by atoms with van der Waals surface area (Å²) in [6.45, 7) is 4.15. The Morgan fingerprint density at radius 1 is 1.00 bits per heavy atom. The van der Waals surface area contributed by atoms with Crippen molar-refractivity contribution in [1.29, 1.82) is 0 Å². The first-order valence-electron chi connectivity index (χ1n) is 6.79. The van der Waals surface area contributed by atoms with Crippen LogP contribution < -0.4 is 10.1 Å². The molecular formula is C17H21NO2. The van der Waals surface area contributed by atoms with E-state index >= 15 is 0 Å². The first kappa shape index (κ1) is 14.4. The van der Waals surface area contributed by atoms with Crippen molar-refractivity contribution in [3.05, 3.63) is 59.7 Å². The molecule has 2 atom stereocenters. The lowest BCUT2D eigenvalue weighted by Gasteiger charge is -2.21. The number of para-hydroxylation sites is 1. The highest BCUT2D eigenvalue weighted by Gasteiger charge is 2.14. The topological polar surface area (TPSA) is 41.5 Å². The Morgan fingerprint density at radius 2 is 1.75 bits per heavy atom. The monoisotopic (exact) mass is 271 g/mol. The molecule has 0 saturated carbocycles. The van der Waals surface area contributed by atoms with E-state index in [1.165, 1.54) is 0 Å². The molecule has 0 aromatic heterocycles. The molecule has 20 heavy (non-hydrogen) atoms. The van der Waals surface area contributed by atoms with Gasteiger partial charge in [-0.2, -0.15) is 0 Å². The number of ether oxygens (including phenoxy) is 1. The summed E-state index contributed by atoms with van der Waals surface area (Å²) in [4.78, 5) is 0. The van der Waals surface area contributed by atoms with Gasteiger partial charge < -0.3 is 15.2 Å². The smallest absolute Gasteiger partial charge is 0.120 e. The van der Waals surface area contributed by atoms with Crippen LogP contribution in [0.4, 0.5) is 0 Å². The minimum absolute atomic E-state index is 0.0670. The molecule has 0 aliphatic carbocycles. The second-order valence-electron chi connectivity index (χ2n) is 4.95. The Balaban J connectivity index is 2.11. The molecule has 0 aliphatic heterocycles. The molecule has 2 aromatic rings. The normalized spacial score (nSPS) is 13.8. The van der Waals surface area contributed by atoms with Crippen LogP contribution >= 0.6 is 0 Å². The van der Waals surface area contributed by atoms with Crippen LogP contribution in [0.25, 0.3) is 0 Å². The van der Waals surface area contributed by atoms with Gasteiger partial charge in [0, 0.05) is 17.6 Å². The van der Waals surface area contributed by atoms with E-state index in [9.17, 15) is 5.11 Å². The van der Waals surface area contributed by atoms with Crippen molar-refractivity contribution in [2.45, 2.75) is 25.9 Å². The van der Waals surface area contributed by atoms with E-state index in [0.717, 1.165) is 16.9 Å². The summed E-state index contributed by atoms with van der Waals surface area (Å²) < 4.78 is 5.25. The SMILES string of the molecule is COc1cccc(C(C)NC(C)c2ccccc2O)c1. The number of phenols is 1. The van der Waals surface area contributed by atoms with Crippen LogP contribution in [-0.4, -0.2) is 12.2 Å². The Morgan fingerprint density at radius 3 is 2.45 bits per heavy atom. The quantitative estimate of drug-likeness (QED) is 0.868. The number of nitrogens with one attached hydrogen (secondary N) is 1. The predicted octanol–water partition coefficient (Wildman–Crippen LogP) is 3.81. The summed E-state index contributed by atoms with van der Waals surface area (Å²) in [5, 5.41) is 13.4. The van der Waals surface area contributed by atoms with Crippen molar-refractivity contribution in [1.82, 2.24) is 5.32 Å². The number of phenolic OH excluding ortho intramolecular Hbond substituents is 1. The zero-order chi connectivity index (χ0) is 14.5. The van der Waals surface area contributed by atoms with Gasteiger partial charge in [-0.05, 0) is 37.6 Å². The summed E-state index contributed by atoms with van der Waals surface area (Å²) in [6, 6.07) is 15.7. The summed E-state index contributed by atoms with van der Waals surface area (Å²) in [7, 11) is 1.67. The van der Waals surface area contributed by atoms with Gasteiger partial charge in [-0.25, -0.2) is 0 Å². The molecule has 0 heterocycles. The third-order valence-corrected chi connectivity index (χ3v) is 3.50. The molecule has 0 aliphatic rings. The molecule has 0 fully saturated rings. The number of hydrogen-bond acceptors (Lipinski definition) is 3. The number of rotatable bonds is 5. The van der Waals surface area contributed by atoms with Crippen LogP contribution in [0.2, 0.25) is 0 Å². The lowest BCUT2D eigenvalue weighted by Crippen LogP contribution is -2.22. The average molecular weight is 271 g/mol. The molecule has 3 heteroatoms. The molecule has 2 rings (SSSR count). The second kappa shape index (κ2) is 6.44. The van der Waals surface area contributed by atoms with E-state index < -0.39 is 0 Å². The van der Waals surface area contributed by atoms with Gasteiger partial charge in [0.2, 0.25) is 0 Å². The molecule has 0 radical (unpaired) electrons. The first-order valence-corrected chi connectivity index (χ1v) is 6.79. The molecule has 0 spiro atoms. The lowest BCUT2D eigenvalue weighted by molar-refractivity contribution is 0.411. The third kappa shape index (κ3) is 3.31. The number of methoxy groups -OCH3 is 1. The van der Waals surface area contributed by atoms with Crippen LogP contribution in [0.1, 0.15) is 37.1 Å². The van der Waals surface area contributed by atoms with Crippen LogP contribution in [0.3, 0.4) is 0 Å². The van der Waals surface area contributed by atoms with Gasteiger partial charge in [0.15, 0.2) is 0 Å². The summed E-state index contributed by atoms with van der Waals surface area (Å²) >= 11 is 0. The average Bonchev–Trinajstić information content (AvgIpc) is 2.47. The van der Waals surface area contributed by atoms with Crippen LogP contribution in [0, 0.1) is 0 Å². The fraction of sp³-hybridized carbons (Fsp3) is 0.294. The van der Waals surface area contributed by atoms with Crippen LogP contribution in [-0.2, 0) is 0 Å². The van der Waals surface area contributed by atoms with Crippen LogP contribution in [0.5, 0.6) is 11.5 Å². The minimum Gasteiger partial charge on any atom is -0.508 e. The fourth-order valence-corrected chi connectivity index (χ4v) is 2.33. The van der Waals surface area contributed by atoms with Gasteiger partial charge in [-0.1, -0.05) is 30.3 Å². The van der Waals surface area contributed by atoms with Crippen molar-refractivity contribution in [3.63, 3.8) is 0 Å². The summed E-state index contributed by atoms with van der Waals surface area (Å²) in [6.07, 6.45) is 0. The first-order chi connectivity index (χ1) is 9.61. The molecular weight excluding hydrogens is 250 g/mol. The van der Waals surface area contributed by atoms with E-state index in [0.29, 0.717) is 5.75 Å². The van der Waals surface area contributed by atoms with Crippen molar-refractivity contribution in [2.24, 2.45) is 0 Å². The van der Waals surface area contributed by atoms with E-state index in [-0.39, 0.29) is 12.1 Å². The molecule has 0 saturated heterocycles. The van der Waals surface area contributed by atoms with Gasteiger partial charge in [-0.15, -0.1) is 0 Å². The van der Waals surface area contributed by atoms with Gasteiger partial charge in [0.25, 0.3) is 0 Å². The Hall–Kier alpha value is -2.00. The van der Waals surface area contributed by atoms with E-state index in [1.54, 1.807) is 13.2 Å². The maximum Gasteiger partial charge on any atom is 0.120 e. The van der Waals surface area contributed by atoms with E-state index in [2.05, 4.69) is 18.3 Å². The Labute approximate surface area is 120 Å². The number of hydrogen-bond donors (Lipinski definition) is 2. The minimum atomic E-state index is 0.0670. The van der Waals surface area contributed by atoms with Crippen molar-refractivity contribution < 1.29 is 9.84 Å². The fourth-order valence-electron chi connectivity index (χ4n) is 2.33. The maximum atomic E-state index is 9.89. The molecule has 0 amide bonds. The highest BCUT2D eigenvalue weighted by molar-refractivity contribution is 5.35. The maximum absolute atomic E-state index is 9.89. The van der Waals surface area contributed by atoms with Gasteiger partial charge in [0.1, 0.15) is 11.5 Å². The zero-order valence-electron chi connectivity index (χ0n) is 12.1. The largest absolute Gasteiger partial charge is 0.508 e. The second-order valence-corrected chi connectivity index (χ2v) is 4.95. The Kier molecular flexibility index (Phi) is 4.64. The number of aromatic hydroxyl groups is 1. The highest BCUT2D eigenvalue weighted by Crippen LogP contribution is 2.26. The highest BCUT2D eigenvalue weighted by atomic mass is 16.5. The standard InChI is InChI=1S/C17H21NO2/c1-12(14-7-6-8-15(11-14)20-3)18-13(2)16-9-4-5-10-17(16)19/h4-13,18-19H,1-3H3. The van der Waals surface area contributed by atoms with E-state index in [1.807, 2.05) is 43.3 Å². The summed E-state index contributed by atoms with van der Waals surface area (Å²) in [5.74, 6) is 1.18. The van der Waals surface area contributed by atoms with Gasteiger partial charge >= 0.3 is 0 Å². The molecule has 106 valence electrons. The Bertz CT molecular complexity index is 568. The van der Waals surface area contributed by atoms with Crippen molar-refractivity contribution in [3.8, 4) is 11.5 Å². The zero-order valence-corrected chi connectivity index (χ0v) is 12.1. The van der Waals surface area contributed by atoms with E-state index in [4.69, 9.17) is 4.74 Å². The molecule has 2 N–H and O–H groups in total. The molecule has 2 unspecified atom stereocenters. The van der Waals surface area contributed by atoms with Crippen LogP contribution in [0.15, 0.2) is 48.5 Å². The predicted molar refractivity (Wildman–Crippen MR) is 81.1 cm³/mol. The molecule has 2 aromatic carbocycles. The van der Waals surface area contributed by atoms with Crippen molar-refractivity contribution >= 4 is 0 Å². The summed E-state index contributed by atoms with van der Waals surface area (Å²) in [5.41, 5.74) is 2.06. The molecule has 0 bridgehead atoms. The van der Waals surface area contributed by atoms with Gasteiger partial charge in [0.05, 0.1) is 7.11 Å². The van der Waals surface area contributed by atoms with Crippen molar-refractivity contribution in [2.75, 3.05) is 7.11 Å². The lowest BCUT2D eigenvalue weighted by atomic mass is 10.0. The molecule has 3 nitrogen and oxygen atoms in total. The van der Waals surface area contributed by atoms with Gasteiger partial charge in [-0.3, -0.25) is 0 Å². The third-order valence-electron chi connectivity index (χ3n) is 3.50. The number of benzene rings is 2.